The molecule has 0 saturated carbocycles. The zero-order chi connectivity index (χ0) is 21.2. The predicted molar refractivity (Wildman–Crippen MR) is 115 cm³/mol. The van der Waals surface area contributed by atoms with Crippen molar-refractivity contribution in [1.29, 1.82) is 0 Å². The number of rotatable bonds is 10. The fourth-order valence-corrected chi connectivity index (χ4v) is 2.71. The van der Waals surface area contributed by atoms with Gasteiger partial charge in [-0.3, -0.25) is 4.79 Å². The Morgan fingerprint density at radius 2 is 1.83 bits per heavy atom. The van der Waals surface area contributed by atoms with Crippen LogP contribution >= 0.6 is 0 Å². The van der Waals surface area contributed by atoms with Crippen LogP contribution in [0.25, 0.3) is 0 Å². The molecule has 29 heavy (non-hydrogen) atoms. The van der Waals surface area contributed by atoms with Gasteiger partial charge in [-0.25, -0.2) is 5.43 Å². The zero-order valence-electron chi connectivity index (χ0n) is 17.9. The number of benzene rings is 2. The number of hydrazone groups is 1. The molecular formula is C23H30N2O4. The summed E-state index contributed by atoms with van der Waals surface area (Å²) < 4.78 is 16.8. The van der Waals surface area contributed by atoms with E-state index in [1.807, 2.05) is 51.1 Å². The standard InChI is InChI=1S/C23H30N2O4/c1-6-7-12-28-20-11-10-19(13-21(20)27-5)14-24-25-22(26)15-29-23-17(3)9-8-16(2)18(23)4/h8-11,13-14H,6-7,12,15H2,1-5H3,(H,25,26)/b24-14+. The van der Waals surface area contributed by atoms with Crippen LogP contribution in [-0.2, 0) is 4.79 Å². The van der Waals surface area contributed by atoms with E-state index in [0.717, 1.165) is 40.8 Å². The van der Waals surface area contributed by atoms with Gasteiger partial charge < -0.3 is 14.2 Å². The van der Waals surface area contributed by atoms with Gasteiger partial charge >= 0.3 is 0 Å². The number of hydrogen-bond donors (Lipinski definition) is 1. The third-order valence-corrected chi connectivity index (χ3v) is 4.57. The Hall–Kier alpha value is -3.02. The third-order valence-electron chi connectivity index (χ3n) is 4.57. The number of nitrogens with one attached hydrogen (secondary N) is 1. The molecule has 6 heteroatoms. The average molecular weight is 399 g/mol. The monoisotopic (exact) mass is 398 g/mol. The van der Waals surface area contributed by atoms with Gasteiger partial charge in [0.25, 0.3) is 5.91 Å². The maximum Gasteiger partial charge on any atom is 0.277 e. The first-order chi connectivity index (χ1) is 14.0. The summed E-state index contributed by atoms with van der Waals surface area (Å²) in [4.78, 5) is 12.0. The Labute approximate surface area is 172 Å². The van der Waals surface area contributed by atoms with E-state index in [-0.39, 0.29) is 12.5 Å². The summed E-state index contributed by atoms with van der Waals surface area (Å²) >= 11 is 0. The maximum atomic E-state index is 12.0. The Morgan fingerprint density at radius 1 is 1.07 bits per heavy atom. The second-order valence-electron chi connectivity index (χ2n) is 6.85. The number of ether oxygens (including phenoxy) is 3. The third kappa shape index (κ3) is 6.52. The molecule has 0 atom stereocenters. The first-order valence-electron chi connectivity index (χ1n) is 9.78. The van der Waals surface area contributed by atoms with Crippen molar-refractivity contribution in [2.45, 2.75) is 40.5 Å². The maximum absolute atomic E-state index is 12.0. The summed E-state index contributed by atoms with van der Waals surface area (Å²) in [6, 6.07) is 9.53. The summed E-state index contributed by atoms with van der Waals surface area (Å²) in [5.74, 6) is 1.74. The van der Waals surface area contributed by atoms with Crippen molar-refractivity contribution in [2.75, 3.05) is 20.3 Å². The van der Waals surface area contributed by atoms with Gasteiger partial charge in [0.2, 0.25) is 0 Å². The molecule has 0 fully saturated rings. The molecule has 0 unspecified atom stereocenters. The molecule has 0 aliphatic rings. The number of aryl methyl sites for hydroxylation is 2. The van der Waals surface area contributed by atoms with Gasteiger partial charge in [0.1, 0.15) is 5.75 Å². The van der Waals surface area contributed by atoms with Crippen molar-refractivity contribution >= 4 is 12.1 Å². The lowest BCUT2D eigenvalue weighted by molar-refractivity contribution is -0.123. The second kappa shape index (κ2) is 11.1. The average Bonchev–Trinajstić information content (AvgIpc) is 2.71. The van der Waals surface area contributed by atoms with Crippen LogP contribution in [0.3, 0.4) is 0 Å². The second-order valence-corrected chi connectivity index (χ2v) is 6.85. The molecule has 2 rings (SSSR count). The lowest BCUT2D eigenvalue weighted by atomic mass is 10.1. The van der Waals surface area contributed by atoms with E-state index < -0.39 is 0 Å². The normalized spacial score (nSPS) is 10.8. The fourth-order valence-electron chi connectivity index (χ4n) is 2.71. The molecule has 0 spiro atoms. The van der Waals surface area contributed by atoms with Crippen LogP contribution in [0.15, 0.2) is 35.4 Å². The van der Waals surface area contributed by atoms with Crippen molar-refractivity contribution in [3.05, 3.63) is 52.6 Å². The highest BCUT2D eigenvalue weighted by atomic mass is 16.5. The van der Waals surface area contributed by atoms with Gasteiger partial charge in [0.05, 0.1) is 19.9 Å². The number of hydrogen-bond acceptors (Lipinski definition) is 5. The topological polar surface area (TPSA) is 69.2 Å². The van der Waals surface area contributed by atoms with E-state index in [2.05, 4.69) is 17.5 Å². The van der Waals surface area contributed by atoms with Crippen LogP contribution in [0.2, 0.25) is 0 Å². The minimum atomic E-state index is -0.326. The summed E-state index contributed by atoms with van der Waals surface area (Å²) in [6.07, 6.45) is 3.61. The van der Waals surface area contributed by atoms with Crippen LogP contribution in [0.5, 0.6) is 17.2 Å². The van der Waals surface area contributed by atoms with E-state index in [9.17, 15) is 4.79 Å². The molecule has 0 bridgehead atoms. The Bertz CT molecular complexity index is 862. The highest BCUT2D eigenvalue weighted by Gasteiger charge is 2.09. The number of unbranched alkanes of at least 4 members (excludes halogenated alkanes) is 1. The molecule has 0 aliphatic carbocycles. The van der Waals surface area contributed by atoms with E-state index in [1.165, 1.54) is 0 Å². The van der Waals surface area contributed by atoms with Gasteiger partial charge in [-0.1, -0.05) is 25.5 Å². The fraction of sp³-hybridized carbons (Fsp3) is 0.391. The molecule has 0 saturated heterocycles. The molecule has 0 radical (unpaired) electrons. The SMILES string of the molecule is CCCCOc1ccc(/C=N/NC(=O)COc2c(C)ccc(C)c2C)cc1OC. The van der Waals surface area contributed by atoms with E-state index in [0.29, 0.717) is 18.1 Å². The Kier molecular flexibility index (Phi) is 8.52. The number of amides is 1. The van der Waals surface area contributed by atoms with Gasteiger partial charge in [-0.15, -0.1) is 0 Å². The summed E-state index contributed by atoms with van der Waals surface area (Å²) in [5, 5.41) is 4.00. The lowest BCUT2D eigenvalue weighted by Gasteiger charge is -2.13. The molecule has 0 aliphatic heterocycles. The summed E-state index contributed by atoms with van der Waals surface area (Å²) in [5.41, 5.74) is 6.43. The van der Waals surface area contributed by atoms with Crippen LogP contribution in [0.1, 0.15) is 42.0 Å². The van der Waals surface area contributed by atoms with Crippen molar-refractivity contribution in [3.8, 4) is 17.2 Å². The van der Waals surface area contributed by atoms with Crippen molar-refractivity contribution in [1.82, 2.24) is 5.43 Å². The molecule has 156 valence electrons. The smallest absolute Gasteiger partial charge is 0.277 e. The molecule has 2 aromatic carbocycles. The molecular weight excluding hydrogens is 368 g/mol. The quantitative estimate of drug-likeness (QED) is 0.367. The lowest BCUT2D eigenvalue weighted by Crippen LogP contribution is -2.25. The Morgan fingerprint density at radius 3 is 2.55 bits per heavy atom. The van der Waals surface area contributed by atoms with Crippen LogP contribution in [-0.4, -0.2) is 32.4 Å². The molecule has 6 nitrogen and oxygen atoms in total. The molecule has 1 amide bonds. The van der Waals surface area contributed by atoms with Gasteiger partial charge in [0.15, 0.2) is 18.1 Å². The minimum absolute atomic E-state index is 0.101. The van der Waals surface area contributed by atoms with Crippen LogP contribution < -0.4 is 19.6 Å². The minimum Gasteiger partial charge on any atom is -0.493 e. The zero-order valence-corrected chi connectivity index (χ0v) is 17.9. The van der Waals surface area contributed by atoms with E-state index in [1.54, 1.807) is 13.3 Å². The van der Waals surface area contributed by atoms with Crippen LogP contribution in [0, 0.1) is 20.8 Å². The van der Waals surface area contributed by atoms with Gasteiger partial charge in [-0.2, -0.15) is 5.10 Å². The largest absolute Gasteiger partial charge is 0.493 e. The first-order valence-corrected chi connectivity index (χ1v) is 9.78. The number of methoxy groups -OCH3 is 1. The van der Waals surface area contributed by atoms with Gasteiger partial charge in [0, 0.05) is 0 Å². The van der Waals surface area contributed by atoms with Crippen LogP contribution in [0.4, 0.5) is 0 Å². The van der Waals surface area contributed by atoms with Crippen molar-refractivity contribution in [3.63, 3.8) is 0 Å². The summed E-state index contributed by atoms with van der Waals surface area (Å²) in [6.45, 7) is 8.62. The molecule has 0 aromatic heterocycles. The highest BCUT2D eigenvalue weighted by Crippen LogP contribution is 2.28. The highest BCUT2D eigenvalue weighted by molar-refractivity contribution is 5.83. The molecule has 0 heterocycles. The predicted octanol–water partition coefficient (Wildman–Crippen LogP) is 4.33. The Balaban J connectivity index is 1.90. The van der Waals surface area contributed by atoms with E-state index >= 15 is 0 Å². The number of carbonyl (C=O) groups is 1. The number of carbonyl (C=O) groups excluding carboxylic acids is 1. The van der Waals surface area contributed by atoms with Gasteiger partial charge in [-0.05, 0) is 67.6 Å². The molecule has 2 aromatic rings. The summed E-state index contributed by atoms with van der Waals surface area (Å²) in [7, 11) is 1.59. The van der Waals surface area contributed by atoms with E-state index in [4.69, 9.17) is 14.2 Å². The van der Waals surface area contributed by atoms with Crippen molar-refractivity contribution in [2.24, 2.45) is 5.10 Å². The van der Waals surface area contributed by atoms with Crippen molar-refractivity contribution < 1.29 is 19.0 Å². The molecule has 1 N–H and O–H groups in total. The number of nitrogens with zero attached hydrogens (tertiary/aromatic N) is 1. The first kappa shape index (κ1) is 22.3.